The number of fused-ring (bicyclic) bond motifs is 2. The molecule has 2 heterocycles. The number of sulfonamides is 1. The highest BCUT2D eigenvalue weighted by molar-refractivity contribution is 7.91. The summed E-state index contributed by atoms with van der Waals surface area (Å²) < 4.78 is 47.9. The van der Waals surface area contributed by atoms with Crippen molar-refractivity contribution in [2.45, 2.75) is 87.3 Å². The van der Waals surface area contributed by atoms with Gasteiger partial charge in [0.1, 0.15) is 17.7 Å². The van der Waals surface area contributed by atoms with Crippen molar-refractivity contribution < 1.29 is 22.3 Å². The largest absolute Gasteiger partial charge is 0.490 e. The predicted molar refractivity (Wildman–Crippen MR) is 140 cm³/mol. The number of ether oxygens (including phenoxy) is 1. The van der Waals surface area contributed by atoms with Gasteiger partial charge in [0, 0.05) is 28.7 Å². The molecule has 0 aromatic heterocycles. The quantitative estimate of drug-likeness (QED) is 0.436. The molecule has 2 aliphatic heterocycles. The average molecular weight is 568 g/mol. The van der Waals surface area contributed by atoms with E-state index in [1.165, 1.54) is 6.07 Å². The number of rotatable bonds is 8. The molecule has 2 saturated carbocycles. The Morgan fingerprint density at radius 3 is 2.22 bits per heavy atom. The Bertz CT molecular complexity index is 1310. The van der Waals surface area contributed by atoms with Crippen molar-refractivity contribution in [2.24, 2.45) is 0 Å². The molecule has 6 nitrogen and oxygen atoms in total. The molecule has 198 valence electrons. The smallest absolute Gasteiger partial charge is 0.267 e. The Labute approximate surface area is 226 Å². The van der Waals surface area contributed by atoms with Gasteiger partial charge in [-0.05, 0) is 98.7 Å². The second kappa shape index (κ2) is 9.70. The van der Waals surface area contributed by atoms with Crippen molar-refractivity contribution in [2.75, 3.05) is 0 Å². The molecule has 1 N–H and O–H groups in total. The highest BCUT2D eigenvalue weighted by atomic mass is 35.5. The van der Waals surface area contributed by atoms with Crippen molar-refractivity contribution in [3.8, 4) is 5.75 Å². The number of amides is 1. The lowest BCUT2D eigenvalue weighted by Crippen LogP contribution is -2.45. The normalized spacial score (nSPS) is 25.8. The summed E-state index contributed by atoms with van der Waals surface area (Å²) in [6.45, 7) is 0.607. The molecule has 10 heteroatoms. The van der Waals surface area contributed by atoms with Crippen LogP contribution in [0.3, 0.4) is 0 Å². The Morgan fingerprint density at radius 2 is 1.62 bits per heavy atom. The van der Waals surface area contributed by atoms with Gasteiger partial charge in [0.05, 0.1) is 10.8 Å². The summed E-state index contributed by atoms with van der Waals surface area (Å²) in [6.07, 6.45) is 6.95. The van der Waals surface area contributed by atoms with Crippen molar-refractivity contribution in [3.05, 3.63) is 62.9 Å². The third-order valence-electron chi connectivity index (χ3n) is 8.02. The van der Waals surface area contributed by atoms with Gasteiger partial charge in [-0.25, -0.2) is 17.5 Å². The second-order valence-electron chi connectivity index (χ2n) is 10.9. The van der Waals surface area contributed by atoms with Crippen LogP contribution in [0.4, 0.5) is 4.39 Å². The number of benzene rings is 2. The zero-order chi connectivity index (χ0) is 25.9. The van der Waals surface area contributed by atoms with Crippen molar-refractivity contribution in [1.82, 2.24) is 9.62 Å². The van der Waals surface area contributed by atoms with Crippen molar-refractivity contribution in [3.63, 3.8) is 0 Å². The molecule has 0 radical (unpaired) electrons. The first-order valence-electron chi connectivity index (χ1n) is 12.9. The fourth-order valence-corrected chi connectivity index (χ4v) is 7.72. The average Bonchev–Trinajstić information content (AvgIpc) is 3.71. The summed E-state index contributed by atoms with van der Waals surface area (Å²) in [6, 6.07) is 8.91. The molecule has 2 aromatic rings. The summed E-state index contributed by atoms with van der Waals surface area (Å²) in [7, 11) is -3.74. The summed E-state index contributed by atoms with van der Waals surface area (Å²) in [4.78, 5) is 15.1. The van der Waals surface area contributed by atoms with E-state index < -0.39 is 27.0 Å². The van der Waals surface area contributed by atoms with Crippen LogP contribution in [0.15, 0.2) is 30.3 Å². The molecule has 2 aromatic carbocycles. The Hall–Kier alpha value is -1.87. The maximum absolute atomic E-state index is 15.2. The number of hydrogen-bond donors (Lipinski definition) is 1. The molecule has 2 unspecified atom stereocenters. The fraction of sp³-hybridized carbons (Fsp3) is 0.519. The number of nitrogens with zero attached hydrogens (tertiary/aromatic N) is 1. The van der Waals surface area contributed by atoms with Crippen LogP contribution in [0.25, 0.3) is 0 Å². The zero-order valence-electron chi connectivity index (χ0n) is 20.3. The van der Waals surface area contributed by atoms with E-state index in [-0.39, 0.29) is 17.6 Å². The van der Waals surface area contributed by atoms with Gasteiger partial charge < -0.3 is 4.74 Å². The van der Waals surface area contributed by atoms with E-state index in [9.17, 15) is 13.2 Å². The molecule has 4 aliphatic rings. The van der Waals surface area contributed by atoms with Gasteiger partial charge in [-0.2, -0.15) is 0 Å². The number of nitrogens with one attached hydrogen (secondary N) is 1. The van der Waals surface area contributed by atoms with Gasteiger partial charge in [0.15, 0.2) is 0 Å². The Kier molecular flexibility index (Phi) is 6.66. The molecule has 2 saturated heterocycles. The van der Waals surface area contributed by atoms with Crippen LogP contribution in [0.5, 0.6) is 5.75 Å². The van der Waals surface area contributed by atoms with Crippen molar-refractivity contribution in [1.29, 1.82) is 0 Å². The minimum Gasteiger partial charge on any atom is -0.490 e. The summed E-state index contributed by atoms with van der Waals surface area (Å²) >= 11 is 12.3. The summed E-state index contributed by atoms with van der Waals surface area (Å²) in [5, 5.41) is 0.541. The molecule has 0 spiro atoms. The summed E-state index contributed by atoms with van der Waals surface area (Å²) in [5.41, 5.74) is 1.66. The van der Waals surface area contributed by atoms with Gasteiger partial charge in [-0.15, -0.1) is 0 Å². The molecule has 2 atom stereocenters. The first kappa shape index (κ1) is 25.4. The maximum atomic E-state index is 15.2. The monoisotopic (exact) mass is 566 g/mol. The van der Waals surface area contributed by atoms with E-state index in [0.717, 1.165) is 49.7 Å². The van der Waals surface area contributed by atoms with E-state index in [2.05, 4.69) is 9.62 Å². The number of carbonyl (C=O) groups is 1. The zero-order valence-corrected chi connectivity index (χ0v) is 22.6. The molecule has 1 amide bonds. The fourth-order valence-electron chi connectivity index (χ4n) is 5.93. The SMILES string of the molecule is O=C(NS(=O)(=O)C1CC1)c1cc(C2CC2)c(CN2C3CCC2CC(Oc2cc(Cl)cc(Cl)c2)C3)cc1F. The van der Waals surface area contributed by atoms with E-state index in [1.807, 2.05) is 0 Å². The standard InChI is InChI=1S/C27H29Cl2FN2O4S/c28-17-8-18(29)10-21(9-17)36-22-11-19-3-4-20(12-22)32(19)14-16-7-26(30)25(13-24(16)15-1-2-15)27(33)31-37(34,35)23-5-6-23/h7-10,13,15,19-20,22-23H,1-6,11-12,14H2,(H,31,33). The summed E-state index contributed by atoms with van der Waals surface area (Å²) in [5.74, 6) is -0.595. The first-order valence-corrected chi connectivity index (χ1v) is 15.2. The van der Waals surface area contributed by atoms with E-state index in [1.54, 1.807) is 24.3 Å². The van der Waals surface area contributed by atoms with Crippen LogP contribution in [0.1, 0.15) is 78.8 Å². The lowest BCUT2D eigenvalue weighted by Gasteiger charge is -2.39. The van der Waals surface area contributed by atoms with Crippen LogP contribution >= 0.6 is 23.2 Å². The molecular formula is C27H29Cl2FN2O4S. The molecule has 2 bridgehead atoms. The van der Waals surface area contributed by atoms with Gasteiger partial charge in [0.2, 0.25) is 10.0 Å². The van der Waals surface area contributed by atoms with E-state index in [0.29, 0.717) is 47.3 Å². The number of hydrogen-bond acceptors (Lipinski definition) is 5. The van der Waals surface area contributed by atoms with Crippen molar-refractivity contribution >= 4 is 39.1 Å². The van der Waals surface area contributed by atoms with Crippen LogP contribution in [-0.4, -0.2) is 42.7 Å². The second-order valence-corrected chi connectivity index (χ2v) is 13.7. The van der Waals surface area contributed by atoms with Gasteiger partial charge >= 0.3 is 0 Å². The van der Waals surface area contributed by atoms with E-state index in [4.69, 9.17) is 27.9 Å². The maximum Gasteiger partial charge on any atom is 0.267 e. The third kappa shape index (κ3) is 5.49. The molecule has 2 aliphatic carbocycles. The number of piperidine rings is 1. The van der Waals surface area contributed by atoms with Gasteiger partial charge in [-0.3, -0.25) is 9.69 Å². The highest BCUT2D eigenvalue weighted by Gasteiger charge is 2.42. The molecule has 37 heavy (non-hydrogen) atoms. The van der Waals surface area contributed by atoms with Gasteiger partial charge in [-0.1, -0.05) is 23.2 Å². The highest BCUT2D eigenvalue weighted by Crippen LogP contribution is 2.45. The molecule has 6 rings (SSSR count). The number of carbonyl (C=O) groups excluding carboxylic acids is 1. The lowest BCUT2D eigenvalue weighted by atomic mass is 9.95. The van der Waals surface area contributed by atoms with Crippen LogP contribution < -0.4 is 9.46 Å². The third-order valence-corrected chi connectivity index (χ3v) is 10.3. The first-order chi connectivity index (χ1) is 17.7. The van der Waals surface area contributed by atoms with Crippen LogP contribution in [0, 0.1) is 5.82 Å². The van der Waals surface area contributed by atoms with E-state index >= 15 is 4.39 Å². The Morgan fingerprint density at radius 1 is 0.973 bits per heavy atom. The number of halogens is 3. The molecular weight excluding hydrogens is 538 g/mol. The van der Waals surface area contributed by atoms with Crippen LogP contribution in [0.2, 0.25) is 10.0 Å². The lowest BCUT2D eigenvalue weighted by molar-refractivity contribution is 0.0443. The van der Waals surface area contributed by atoms with Gasteiger partial charge in [0.25, 0.3) is 5.91 Å². The van der Waals surface area contributed by atoms with Crippen LogP contribution in [-0.2, 0) is 16.6 Å². The topological polar surface area (TPSA) is 75.7 Å². The molecule has 4 fully saturated rings. The Balaban J connectivity index is 1.18. The predicted octanol–water partition coefficient (Wildman–Crippen LogP) is 5.81. The minimum absolute atomic E-state index is 0.0578. The minimum atomic E-state index is -3.74.